The fourth-order valence-electron chi connectivity index (χ4n) is 1.48. The predicted molar refractivity (Wildman–Crippen MR) is 65.4 cm³/mol. The van der Waals surface area contributed by atoms with Crippen molar-refractivity contribution in [1.82, 2.24) is 0 Å². The summed E-state index contributed by atoms with van der Waals surface area (Å²) >= 11 is 0. The van der Waals surface area contributed by atoms with Crippen LogP contribution in [0.15, 0.2) is 0 Å². The van der Waals surface area contributed by atoms with Gasteiger partial charge in [0.1, 0.15) is 0 Å². The molecule has 0 aliphatic rings. The van der Waals surface area contributed by atoms with Crippen molar-refractivity contribution in [2.75, 3.05) is 19.8 Å². The van der Waals surface area contributed by atoms with Crippen LogP contribution in [0.4, 0.5) is 0 Å². The summed E-state index contributed by atoms with van der Waals surface area (Å²) in [5.41, 5.74) is 0. The fraction of sp³-hybridized carbons (Fsp3) is 0.923. The van der Waals surface area contributed by atoms with Crippen LogP contribution in [0.1, 0.15) is 52.9 Å². The van der Waals surface area contributed by atoms with E-state index in [9.17, 15) is 4.79 Å². The standard InChI is InChI=1S/C13H26O3/c1-4-7-8-12(5-2)11-16-13(14)9-10-15-6-3/h12H,4-11H2,1-3H3. The number of ether oxygens (including phenoxy) is 2. The van der Waals surface area contributed by atoms with Crippen molar-refractivity contribution in [3.05, 3.63) is 0 Å². The molecule has 0 aliphatic heterocycles. The molecule has 0 radical (unpaired) electrons. The van der Waals surface area contributed by atoms with E-state index in [1.165, 1.54) is 12.8 Å². The molecular weight excluding hydrogens is 204 g/mol. The Morgan fingerprint density at radius 2 is 2.00 bits per heavy atom. The van der Waals surface area contributed by atoms with Gasteiger partial charge in [0.25, 0.3) is 0 Å². The summed E-state index contributed by atoms with van der Waals surface area (Å²) in [6.45, 7) is 7.95. The van der Waals surface area contributed by atoms with Crippen molar-refractivity contribution < 1.29 is 14.3 Å². The third-order valence-corrected chi connectivity index (χ3v) is 2.68. The molecule has 1 atom stereocenters. The third-order valence-electron chi connectivity index (χ3n) is 2.68. The Balaban J connectivity index is 3.54. The predicted octanol–water partition coefficient (Wildman–Crippen LogP) is 3.17. The highest BCUT2D eigenvalue weighted by Gasteiger charge is 2.09. The Kier molecular flexibility index (Phi) is 10.5. The minimum absolute atomic E-state index is 0.136. The van der Waals surface area contributed by atoms with E-state index in [0.29, 0.717) is 32.2 Å². The van der Waals surface area contributed by atoms with Crippen LogP contribution in [0.5, 0.6) is 0 Å². The van der Waals surface area contributed by atoms with Crippen LogP contribution >= 0.6 is 0 Å². The summed E-state index contributed by atoms with van der Waals surface area (Å²) in [5.74, 6) is 0.388. The number of carbonyl (C=O) groups is 1. The topological polar surface area (TPSA) is 35.5 Å². The second kappa shape index (κ2) is 10.9. The first-order valence-electron chi connectivity index (χ1n) is 6.47. The Morgan fingerprint density at radius 1 is 1.25 bits per heavy atom. The summed E-state index contributed by atoms with van der Waals surface area (Å²) in [7, 11) is 0. The van der Waals surface area contributed by atoms with E-state index < -0.39 is 0 Å². The average Bonchev–Trinajstić information content (AvgIpc) is 2.30. The first-order valence-corrected chi connectivity index (χ1v) is 6.47. The monoisotopic (exact) mass is 230 g/mol. The van der Waals surface area contributed by atoms with E-state index in [0.717, 1.165) is 12.8 Å². The van der Waals surface area contributed by atoms with E-state index in [1.807, 2.05) is 6.92 Å². The van der Waals surface area contributed by atoms with Gasteiger partial charge in [-0.3, -0.25) is 4.79 Å². The molecule has 3 heteroatoms. The summed E-state index contributed by atoms with van der Waals surface area (Å²) in [4.78, 5) is 11.3. The van der Waals surface area contributed by atoms with Crippen molar-refractivity contribution >= 4 is 5.97 Å². The van der Waals surface area contributed by atoms with Gasteiger partial charge in [0.15, 0.2) is 0 Å². The van der Waals surface area contributed by atoms with Gasteiger partial charge in [0.05, 0.1) is 19.6 Å². The van der Waals surface area contributed by atoms with Gasteiger partial charge in [0.2, 0.25) is 0 Å². The SMILES string of the molecule is CCCCC(CC)COC(=O)CCOCC. The largest absolute Gasteiger partial charge is 0.465 e. The van der Waals surface area contributed by atoms with Gasteiger partial charge in [0, 0.05) is 6.61 Å². The smallest absolute Gasteiger partial charge is 0.308 e. The highest BCUT2D eigenvalue weighted by atomic mass is 16.5. The van der Waals surface area contributed by atoms with Crippen LogP contribution in [0.3, 0.4) is 0 Å². The van der Waals surface area contributed by atoms with E-state index in [1.54, 1.807) is 0 Å². The minimum Gasteiger partial charge on any atom is -0.465 e. The number of hydrogen-bond donors (Lipinski definition) is 0. The molecule has 0 bridgehead atoms. The molecular formula is C13H26O3. The molecule has 0 aromatic rings. The lowest BCUT2D eigenvalue weighted by atomic mass is 10.0. The van der Waals surface area contributed by atoms with Gasteiger partial charge >= 0.3 is 5.97 Å². The molecule has 16 heavy (non-hydrogen) atoms. The van der Waals surface area contributed by atoms with Crippen LogP contribution < -0.4 is 0 Å². The second-order valence-corrected chi connectivity index (χ2v) is 4.05. The van der Waals surface area contributed by atoms with Crippen LogP contribution in [0, 0.1) is 5.92 Å². The molecule has 0 aliphatic carbocycles. The van der Waals surface area contributed by atoms with Gasteiger partial charge in [-0.15, -0.1) is 0 Å². The molecule has 0 saturated heterocycles. The molecule has 96 valence electrons. The van der Waals surface area contributed by atoms with Gasteiger partial charge in [-0.25, -0.2) is 0 Å². The van der Waals surface area contributed by atoms with Crippen molar-refractivity contribution in [2.45, 2.75) is 52.9 Å². The maximum atomic E-state index is 11.3. The lowest BCUT2D eigenvalue weighted by molar-refractivity contribution is -0.146. The number of unbranched alkanes of at least 4 members (excludes halogenated alkanes) is 1. The molecule has 0 N–H and O–H groups in total. The molecule has 0 aromatic heterocycles. The second-order valence-electron chi connectivity index (χ2n) is 4.05. The van der Waals surface area contributed by atoms with Gasteiger partial charge in [-0.2, -0.15) is 0 Å². The highest BCUT2D eigenvalue weighted by molar-refractivity contribution is 5.69. The highest BCUT2D eigenvalue weighted by Crippen LogP contribution is 2.13. The average molecular weight is 230 g/mol. The van der Waals surface area contributed by atoms with Gasteiger partial charge in [-0.05, 0) is 19.3 Å². The van der Waals surface area contributed by atoms with Gasteiger partial charge < -0.3 is 9.47 Å². The molecule has 0 saturated carbocycles. The van der Waals surface area contributed by atoms with Crippen LogP contribution in [-0.2, 0) is 14.3 Å². The zero-order valence-corrected chi connectivity index (χ0v) is 11.0. The Labute approximate surface area is 99.5 Å². The number of esters is 1. The summed E-state index contributed by atoms with van der Waals surface area (Å²) in [6.07, 6.45) is 5.03. The fourth-order valence-corrected chi connectivity index (χ4v) is 1.48. The Hall–Kier alpha value is -0.570. The minimum atomic E-state index is -0.136. The zero-order chi connectivity index (χ0) is 12.2. The quantitative estimate of drug-likeness (QED) is 0.427. The van der Waals surface area contributed by atoms with E-state index in [-0.39, 0.29) is 5.97 Å². The molecule has 3 nitrogen and oxygen atoms in total. The molecule has 0 rings (SSSR count). The number of rotatable bonds is 10. The van der Waals surface area contributed by atoms with E-state index in [4.69, 9.17) is 9.47 Å². The molecule has 0 amide bonds. The molecule has 0 heterocycles. The van der Waals surface area contributed by atoms with Crippen LogP contribution in [-0.4, -0.2) is 25.8 Å². The van der Waals surface area contributed by atoms with E-state index >= 15 is 0 Å². The molecule has 0 spiro atoms. The van der Waals surface area contributed by atoms with Crippen molar-refractivity contribution in [3.8, 4) is 0 Å². The summed E-state index contributed by atoms with van der Waals surface area (Å²) < 4.78 is 10.3. The molecule has 0 fully saturated rings. The summed E-state index contributed by atoms with van der Waals surface area (Å²) in [6, 6.07) is 0. The Bertz CT molecular complexity index is 169. The maximum absolute atomic E-state index is 11.3. The Morgan fingerprint density at radius 3 is 2.56 bits per heavy atom. The van der Waals surface area contributed by atoms with E-state index in [2.05, 4.69) is 13.8 Å². The lowest BCUT2D eigenvalue weighted by Crippen LogP contribution is -2.15. The number of hydrogen-bond acceptors (Lipinski definition) is 3. The van der Waals surface area contributed by atoms with Crippen molar-refractivity contribution in [2.24, 2.45) is 5.92 Å². The van der Waals surface area contributed by atoms with Crippen molar-refractivity contribution in [1.29, 1.82) is 0 Å². The number of carbonyl (C=O) groups excluding carboxylic acids is 1. The normalized spacial score (nSPS) is 12.4. The lowest BCUT2D eigenvalue weighted by Gasteiger charge is -2.14. The van der Waals surface area contributed by atoms with Crippen LogP contribution in [0.25, 0.3) is 0 Å². The van der Waals surface area contributed by atoms with Gasteiger partial charge in [-0.1, -0.05) is 33.1 Å². The first-order chi connectivity index (χ1) is 7.74. The molecule has 1 unspecified atom stereocenters. The first kappa shape index (κ1) is 15.4. The zero-order valence-electron chi connectivity index (χ0n) is 11.0. The summed E-state index contributed by atoms with van der Waals surface area (Å²) in [5, 5.41) is 0. The van der Waals surface area contributed by atoms with Crippen LogP contribution in [0.2, 0.25) is 0 Å². The maximum Gasteiger partial charge on any atom is 0.308 e. The van der Waals surface area contributed by atoms with Crippen molar-refractivity contribution in [3.63, 3.8) is 0 Å². The third kappa shape index (κ3) is 8.72. The molecule has 0 aromatic carbocycles.